The normalized spacial score (nSPS) is 10.6. The fourth-order valence-corrected chi connectivity index (χ4v) is 2.55. The number of carbonyl (C=O) groups is 2. The number of fused-ring (bicyclic) bond motifs is 1. The van der Waals surface area contributed by atoms with Crippen LogP contribution in [0, 0.1) is 0 Å². The molecule has 0 aliphatic rings. The van der Waals surface area contributed by atoms with E-state index in [1.165, 1.54) is 0 Å². The Labute approximate surface area is 110 Å². The summed E-state index contributed by atoms with van der Waals surface area (Å²) < 4.78 is 4.80. The molecule has 0 aliphatic heterocycles. The van der Waals surface area contributed by atoms with Crippen LogP contribution in [0.4, 0.5) is 0 Å². The Kier molecular flexibility index (Phi) is 3.61. The number of aromatic amines is 1. The Hall–Kier alpha value is -2.22. The van der Waals surface area contributed by atoms with E-state index in [0.29, 0.717) is 10.4 Å². The maximum Gasteiger partial charge on any atom is 0.372 e. The number of ether oxygens (including phenoxy) is 1. The first kappa shape index (κ1) is 13.2. The highest BCUT2D eigenvalue weighted by Gasteiger charge is 2.16. The first-order valence-corrected chi connectivity index (χ1v) is 6.30. The summed E-state index contributed by atoms with van der Waals surface area (Å²) in [7, 11) is 0. The molecule has 100 valence electrons. The molecule has 0 fully saturated rings. The average Bonchev–Trinajstić information content (AvgIpc) is 2.73. The van der Waals surface area contributed by atoms with Crippen LogP contribution in [0.15, 0.2) is 10.2 Å². The van der Waals surface area contributed by atoms with E-state index in [0.717, 1.165) is 11.3 Å². The molecule has 8 heteroatoms. The Morgan fingerprint density at radius 2 is 2.26 bits per heavy atom. The fourth-order valence-electron chi connectivity index (χ4n) is 1.61. The van der Waals surface area contributed by atoms with E-state index in [4.69, 9.17) is 9.84 Å². The lowest BCUT2D eigenvalue weighted by molar-refractivity contribution is -0.142. The smallest absolute Gasteiger partial charge is 0.372 e. The lowest BCUT2D eigenvalue weighted by Crippen LogP contribution is -2.16. The Bertz CT molecular complexity index is 703. The van der Waals surface area contributed by atoms with E-state index in [1.54, 1.807) is 12.3 Å². The molecule has 0 aliphatic carbocycles. The van der Waals surface area contributed by atoms with E-state index in [9.17, 15) is 14.4 Å². The van der Waals surface area contributed by atoms with Crippen LogP contribution in [-0.4, -0.2) is 33.6 Å². The Morgan fingerprint density at radius 3 is 2.89 bits per heavy atom. The van der Waals surface area contributed by atoms with Crippen LogP contribution in [0.2, 0.25) is 0 Å². The largest absolute Gasteiger partial charge is 0.475 e. The maximum atomic E-state index is 11.8. The van der Waals surface area contributed by atoms with Gasteiger partial charge in [0.05, 0.1) is 18.4 Å². The van der Waals surface area contributed by atoms with E-state index in [2.05, 4.69) is 9.97 Å². The first-order chi connectivity index (χ1) is 9.02. The van der Waals surface area contributed by atoms with E-state index < -0.39 is 23.3 Å². The highest BCUT2D eigenvalue weighted by Crippen LogP contribution is 2.21. The van der Waals surface area contributed by atoms with Crippen LogP contribution >= 0.6 is 11.3 Å². The third kappa shape index (κ3) is 2.63. The zero-order valence-corrected chi connectivity index (χ0v) is 10.7. The molecule has 0 aromatic carbocycles. The summed E-state index contributed by atoms with van der Waals surface area (Å²) in [5.74, 6) is -2.16. The molecular formula is C11H10N2O5S. The van der Waals surface area contributed by atoms with Gasteiger partial charge in [0.1, 0.15) is 4.83 Å². The van der Waals surface area contributed by atoms with Crippen molar-refractivity contribution in [1.29, 1.82) is 0 Å². The molecule has 0 saturated carbocycles. The second kappa shape index (κ2) is 5.19. The van der Waals surface area contributed by atoms with E-state index in [1.807, 2.05) is 0 Å². The molecule has 0 unspecified atom stereocenters. The first-order valence-electron chi connectivity index (χ1n) is 5.42. The number of nitrogens with one attached hydrogen (secondary N) is 1. The Balaban J connectivity index is 2.46. The molecule has 0 amide bonds. The van der Waals surface area contributed by atoms with Gasteiger partial charge in [-0.05, 0) is 17.9 Å². The number of carboxylic acids is 1. The second-order valence-electron chi connectivity index (χ2n) is 3.64. The van der Waals surface area contributed by atoms with Gasteiger partial charge in [-0.2, -0.15) is 0 Å². The molecule has 19 heavy (non-hydrogen) atoms. The monoisotopic (exact) mass is 282 g/mol. The molecule has 0 bridgehead atoms. The highest BCUT2D eigenvalue weighted by atomic mass is 32.1. The topological polar surface area (TPSA) is 109 Å². The van der Waals surface area contributed by atoms with Crippen molar-refractivity contribution in [2.75, 3.05) is 6.61 Å². The van der Waals surface area contributed by atoms with Gasteiger partial charge in [-0.15, -0.1) is 11.3 Å². The number of hydrogen-bond acceptors (Lipinski definition) is 6. The van der Waals surface area contributed by atoms with Crippen LogP contribution in [0.1, 0.15) is 23.1 Å². The lowest BCUT2D eigenvalue weighted by Gasteiger charge is -2.00. The number of nitrogens with zero attached hydrogens (tertiary/aromatic N) is 1. The minimum Gasteiger partial charge on any atom is -0.475 e. The predicted octanol–water partition coefficient (Wildman–Crippen LogP) is 0.788. The summed E-state index contributed by atoms with van der Waals surface area (Å²) in [5, 5.41) is 10.6. The van der Waals surface area contributed by atoms with Crippen molar-refractivity contribution in [1.82, 2.24) is 9.97 Å². The number of carboxylic acid groups (broad SMARTS) is 1. The van der Waals surface area contributed by atoms with Crippen molar-refractivity contribution >= 4 is 33.5 Å². The number of rotatable bonds is 4. The summed E-state index contributed by atoms with van der Waals surface area (Å²) in [6.07, 6.45) is -0.0367. The molecule has 0 radical (unpaired) electrons. The van der Waals surface area contributed by atoms with Gasteiger partial charge in [-0.3, -0.25) is 9.59 Å². The highest BCUT2D eigenvalue weighted by molar-refractivity contribution is 7.16. The van der Waals surface area contributed by atoms with Crippen molar-refractivity contribution < 1.29 is 19.4 Å². The van der Waals surface area contributed by atoms with Crippen LogP contribution in [0.25, 0.3) is 10.2 Å². The molecule has 2 rings (SSSR count). The van der Waals surface area contributed by atoms with Crippen molar-refractivity contribution in [2.45, 2.75) is 13.3 Å². The molecule has 2 aromatic rings. The molecule has 7 nitrogen and oxygen atoms in total. The summed E-state index contributed by atoms with van der Waals surface area (Å²) >= 11 is 1.12. The lowest BCUT2D eigenvalue weighted by atomic mass is 10.2. The molecule has 0 atom stereocenters. The third-order valence-corrected chi connectivity index (χ3v) is 3.28. The summed E-state index contributed by atoms with van der Waals surface area (Å²) in [5.41, 5.74) is -0.0768. The number of hydrogen-bond donors (Lipinski definition) is 2. The van der Waals surface area contributed by atoms with Gasteiger partial charge in [-0.25, -0.2) is 9.78 Å². The number of H-pyrrole nitrogens is 1. The van der Waals surface area contributed by atoms with Crippen molar-refractivity contribution in [2.24, 2.45) is 0 Å². The minimum absolute atomic E-state index is 0.0367. The maximum absolute atomic E-state index is 11.8. The predicted molar refractivity (Wildman–Crippen MR) is 67.5 cm³/mol. The quantitative estimate of drug-likeness (QED) is 0.802. The second-order valence-corrected chi connectivity index (χ2v) is 4.50. The minimum atomic E-state index is -1.31. The van der Waals surface area contributed by atoms with E-state index in [-0.39, 0.29) is 18.4 Å². The van der Waals surface area contributed by atoms with Gasteiger partial charge in [0.2, 0.25) is 5.82 Å². The van der Waals surface area contributed by atoms with Crippen LogP contribution in [-0.2, 0) is 16.0 Å². The molecular weight excluding hydrogens is 272 g/mol. The average molecular weight is 282 g/mol. The third-order valence-electron chi connectivity index (χ3n) is 2.36. The van der Waals surface area contributed by atoms with E-state index >= 15 is 0 Å². The Morgan fingerprint density at radius 1 is 1.53 bits per heavy atom. The molecule has 0 spiro atoms. The number of aromatic nitrogens is 2. The van der Waals surface area contributed by atoms with Crippen LogP contribution in [0.3, 0.4) is 0 Å². The van der Waals surface area contributed by atoms with Crippen molar-refractivity contribution in [3.63, 3.8) is 0 Å². The summed E-state index contributed by atoms with van der Waals surface area (Å²) in [4.78, 5) is 40.3. The summed E-state index contributed by atoms with van der Waals surface area (Å²) in [6, 6.07) is 0. The SMILES string of the molecule is CCOC(=O)Cc1csc2nc(C(=O)O)[nH]c(=O)c12. The van der Waals surface area contributed by atoms with Crippen molar-refractivity contribution in [3.8, 4) is 0 Å². The van der Waals surface area contributed by atoms with Gasteiger partial charge in [0.25, 0.3) is 5.56 Å². The van der Waals surface area contributed by atoms with Gasteiger partial charge >= 0.3 is 11.9 Å². The van der Waals surface area contributed by atoms with Gasteiger partial charge in [-0.1, -0.05) is 0 Å². The summed E-state index contributed by atoms with van der Waals surface area (Å²) in [6.45, 7) is 1.95. The molecule has 2 heterocycles. The number of carbonyl (C=O) groups excluding carboxylic acids is 1. The van der Waals surface area contributed by atoms with Gasteiger partial charge in [0, 0.05) is 0 Å². The molecule has 0 saturated heterocycles. The zero-order valence-electron chi connectivity index (χ0n) is 9.93. The van der Waals surface area contributed by atoms with Crippen molar-refractivity contribution in [3.05, 3.63) is 27.1 Å². The van der Waals surface area contributed by atoms with Gasteiger partial charge in [0.15, 0.2) is 0 Å². The van der Waals surface area contributed by atoms with Crippen LogP contribution in [0.5, 0.6) is 0 Å². The standard InChI is InChI=1S/C11H10N2O5S/c1-2-18-6(14)3-5-4-19-10-7(5)9(15)12-8(13-10)11(16)17/h4H,2-3H2,1H3,(H,16,17)(H,12,13,15). The molecule has 2 aromatic heterocycles. The number of thiophene rings is 1. The number of esters is 1. The van der Waals surface area contributed by atoms with Gasteiger partial charge < -0.3 is 14.8 Å². The van der Waals surface area contributed by atoms with Crippen LogP contribution < -0.4 is 5.56 Å². The molecule has 2 N–H and O–H groups in total. The zero-order chi connectivity index (χ0) is 14.0. The fraction of sp³-hybridized carbons (Fsp3) is 0.273. The number of aromatic carboxylic acids is 1.